The van der Waals surface area contributed by atoms with Crippen LogP contribution in [-0.4, -0.2) is 17.3 Å². The second-order valence-electron chi connectivity index (χ2n) is 4.85. The molecule has 3 rings (SSSR count). The number of halogens is 2. The molecule has 122 valence electrons. The fourth-order valence-corrected chi connectivity index (χ4v) is 2.69. The predicted octanol–water partition coefficient (Wildman–Crippen LogP) is 4.05. The first-order valence-electron chi connectivity index (χ1n) is 6.95. The SMILES string of the molecule is O=C(OC1=C(Nc2ccccc2)C(Cl)C(=O)O1)c1ccccc1Br. The molecule has 1 heterocycles. The van der Waals surface area contributed by atoms with Gasteiger partial charge in [-0.3, -0.25) is 0 Å². The summed E-state index contributed by atoms with van der Waals surface area (Å²) in [4.78, 5) is 24.0. The summed E-state index contributed by atoms with van der Waals surface area (Å²) in [5, 5.41) is 1.88. The van der Waals surface area contributed by atoms with E-state index >= 15 is 0 Å². The molecule has 0 saturated carbocycles. The van der Waals surface area contributed by atoms with Crippen LogP contribution in [0.2, 0.25) is 0 Å². The topological polar surface area (TPSA) is 64.6 Å². The van der Waals surface area contributed by atoms with Gasteiger partial charge in [-0.05, 0) is 40.2 Å². The average Bonchev–Trinajstić information content (AvgIpc) is 2.84. The monoisotopic (exact) mass is 407 g/mol. The van der Waals surface area contributed by atoms with Crippen molar-refractivity contribution in [2.24, 2.45) is 0 Å². The molecule has 1 atom stereocenters. The smallest absolute Gasteiger partial charge is 0.347 e. The highest BCUT2D eigenvalue weighted by molar-refractivity contribution is 9.10. The van der Waals surface area contributed by atoms with E-state index in [1.54, 1.807) is 36.4 Å². The maximum Gasteiger partial charge on any atom is 0.347 e. The molecule has 0 radical (unpaired) electrons. The Morgan fingerprint density at radius 1 is 1.12 bits per heavy atom. The number of alkyl halides is 1. The summed E-state index contributed by atoms with van der Waals surface area (Å²) < 4.78 is 10.8. The molecule has 0 amide bonds. The van der Waals surface area contributed by atoms with Crippen molar-refractivity contribution in [2.75, 3.05) is 5.32 Å². The van der Waals surface area contributed by atoms with Gasteiger partial charge in [0.25, 0.3) is 0 Å². The molecule has 0 saturated heterocycles. The van der Waals surface area contributed by atoms with Crippen LogP contribution in [0, 0.1) is 0 Å². The average molecular weight is 409 g/mol. The normalized spacial score (nSPS) is 16.8. The van der Waals surface area contributed by atoms with E-state index in [-0.39, 0.29) is 11.6 Å². The minimum Gasteiger partial charge on any atom is -0.390 e. The van der Waals surface area contributed by atoms with E-state index < -0.39 is 17.3 Å². The van der Waals surface area contributed by atoms with Gasteiger partial charge in [-0.1, -0.05) is 30.3 Å². The maximum absolute atomic E-state index is 12.3. The molecule has 1 N–H and O–H groups in total. The van der Waals surface area contributed by atoms with Crippen molar-refractivity contribution in [1.82, 2.24) is 0 Å². The second-order valence-corrected chi connectivity index (χ2v) is 6.14. The van der Waals surface area contributed by atoms with Crippen LogP contribution < -0.4 is 5.32 Å². The summed E-state index contributed by atoms with van der Waals surface area (Å²) in [7, 11) is 0. The Labute approximate surface area is 151 Å². The lowest BCUT2D eigenvalue weighted by Gasteiger charge is -2.10. The molecule has 0 aromatic heterocycles. The molecule has 1 aliphatic rings. The van der Waals surface area contributed by atoms with Crippen LogP contribution in [0.15, 0.2) is 70.7 Å². The number of hydrogen-bond acceptors (Lipinski definition) is 5. The van der Waals surface area contributed by atoms with E-state index in [0.717, 1.165) is 0 Å². The van der Waals surface area contributed by atoms with Crippen LogP contribution in [0.5, 0.6) is 0 Å². The van der Waals surface area contributed by atoms with Gasteiger partial charge in [-0.2, -0.15) is 0 Å². The van der Waals surface area contributed by atoms with E-state index in [4.69, 9.17) is 21.1 Å². The van der Waals surface area contributed by atoms with Crippen molar-refractivity contribution in [3.05, 3.63) is 76.3 Å². The minimum absolute atomic E-state index is 0.188. The highest BCUT2D eigenvalue weighted by Gasteiger charge is 2.37. The zero-order valence-corrected chi connectivity index (χ0v) is 14.5. The number of esters is 2. The van der Waals surface area contributed by atoms with Crippen LogP contribution in [0.25, 0.3) is 0 Å². The molecule has 0 fully saturated rings. The Morgan fingerprint density at radius 3 is 2.50 bits per heavy atom. The van der Waals surface area contributed by atoms with Crippen LogP contribution in [0.3, 0.4) is 0 Å². The van der Waals surface area contributed by atoms with Gasteiger partial charge in [-0.25, -0.2) is 9.59 Å². The molecule has 1 unspecified atom stereocenters. The van der Waals surface area contributed by atoms with Gasteiger partial charge in [0.1, 0.15) is 5.70 Å². The van der Waals surface area contributed by atoms with Gasteiger partial charge < -0.3 is 14.8 Å². The number of benzene rings is 2. The highest BCUT2D eigenvalue weighted by Crippen LogP contribution is 2.29. The van der Waals surface area contributed by atoms with Crippen molar-refractivity contribution in [2.45, 2.75) is 5.38 Å². The van der Waals surface area contributed by atoms with Gasteiger partial charge in [-0.15, -0.1) is 11.6 Å². The van der Waals surface area contributed by atoms with Gasteiger partial charge >= 0.3 is 17.9 Å². The number of cyclic esters (lactones) is 1. The molecule has 1 aliphatic heterocycles. The first-order valence-corrected chi connectivity index (χ1v) is 8.18. The van der Waals surface area contributed by atoms with E-state index in [1.165, 1.54) is 0 Å². The van der Waals surface area contributed by atoms with Crippen LogP contribution >= 0.6 is 27.5 Å². The Kier molecular flexibility index (Phi) is 4.87. The molecule has 0 spiro atoms. The van der Waals surface area contributed by atoms with Crippen LogP contribution in [0.1, 0.15) is 10.4 Å². The van der Waals surface area contributed by atoms with Gasteiger partial charge in [0.05, 0.1) is 5.56 Å². The van der Waals surface area contributed by atoms with Gasteiger partial charge in [0, 0.05) is 10.2 Å². The summed E-state index contributed by atoms with van der Waals surface area (Å²) in [6, 6.07) is 15.8. The summed E-state index contributed by atoms with van der Waals surface area (Å²) >= 11 is 9.31. The van der Waals surface area contributed by atoms with Crippen molar-refractivity contribution >= 4 is 45.2 Å². The van der Waals surface area contributed by atoms with E-state index in [2.05, 4.69) is 21.2 Å². The standard InChI is InChI=1S/C17H11BrClNO4/c18-12-9-5-4-8-11(12)15(21)23-17-14(13(19)16(22)24-17)20-10-6-2-1-3-7-10/h1-9,13,20H. The van der Waals surface area contributed by atoms with Gasteiger partial charge in [0.15, 0.2) is 5.38 Å². The molecular weight excluding hydrogens is 398 g/mol. The van der Waals surface area contributed by atoms with Crippen LogP contribution in [-0.2, 0) is 14.3 Å². The number of carbonyl (C=O) groups excluding carboxylic acids is 2. The van der Waals surface area contributed by atoms with E-state index in [1.807, 2.05) is 18.2 Å². The fourth-order valence-electron chi connectivity index (χ4n) is 2.05. The third-order valence-electron chi connectivity index (χ3n) is 3.21. The number of carbonyl (C=O) groups is 2. The summed E-state index contributed by atoms with van der Waals surface area (Å²) in [6.07, 6.45) is 0. The lowest BCUT2D eigenvalue weighted by molar-refractivity contribution is -0.139. The molecule has 2 aromatic carbocycles. The third kappa shape index (κ3) is 3.44. The Morgan fingerprint density at radius 2 is 1.79 bits per heavy atom. The zero-order valence-electron chi connectivity index (χ0n) is 12.2. The molecule has 2 aromatic rings. The number of hydrogen-bond donors (Lipinski definition) is 1. The van der Waals surface area contributed by atoms with Crippen molar-refractivity contribution in [3.63, 3.8) is 0 Å². The minimum atomic E-state index is -1.08. The molecule has 7 heteroatoms. The fraction of sp³-hybridized carbons (Fsp3) is 0.0588. The molecular formula is C17H11BrClNO4. The summed E-state index contributed by atoms with van der Waals surface area (Å²) in [5.41, 5.74) is 1.18. The van der Waals surface area contributed by atoms with E-state index in [9.17, 15) is 9.59 Å². The van der Waals surface area contributed by atoms with Crippen molar-refractivity contribution < 1.29 is 19.1 Å². The number of para-hydroxylation sites is 1. The van der Waals surface area contributed by atoms with Crippen molar-refractivity contribution in [3.8, 4) is 0 Å². The molecule has 24 heavy (non-hydrogen) atoms. The molecule has 0 bridgehead atoms. The number of rotatable bonds is 4. The Hall–Kier alpha value is -2.31. The lowest BCUT2D eigenvalue weighted by Crippen LogP contribution is -2.15. The largest absolute Gasteiger partial charge is 0.390 e. The first-order chi connectivity index (χ1) is 11.6. The number of nitrogens with one attached hydrogen (secondary N) is 1. The Balaban J connectivity index is 1.86. The van der Waals surface area contributed by atoms with Crippen molar-refractivity contribution in [1.29, 1.82) is 0 Å². The number of anilines is 1. The lowest BCUT2D eigenvalue weighted by atomic mass is 10.2. The Bertz CT molecular complexity index is 822. The zero-order chi connectivity index (χ0) is 17.1. The highest BCUT2D eigenvalue weighted by atomic mass is 79.9. The number of ether oxygens (including phenoxy) is 2. The predicted molar refractivity (Wildman–Crippen MR) is 92.4 cm³/mol. The maximum atomic E-state index is 12.3. The summed E-state index contributed by atoms with van der Waals surface area (Å²) in [6.45, 7) is 0. The summed E-state index contributed by atoms with van der Waals surface area (Å²) in [5.74, 6) is -1.61. The van der Waals surface area contributed by atoms with Crippen LogP contribution in [0.4, 0.5) is 5.69 Å². The molecule has 5 nitrogen and oxygen atoms in total. The third-order valence-corrected chi connectivity index (χ3v) is 4.29. The second kappa shape index (κ2) is 7.07. The van der Waals surface area contributed by atoms with Gasteiger partial charge in [0.2, 0.25) is 0 Å². The van der Waals surface area contributed by atoms with E-state index in [0.29, 0.717) is 15.7 Å². The quantitative estimate of drug-likeness (QED) is 0.611. The molecule has 0 aliphatic carbocycles. The first kappa shape index (κ1) is 16.5.